The highest BCUT2D eigenvalue weighted by molar-refractivity contribution is 6.36. The first-order valence-electron chi connectivity index (χ1n) is 6.10. The molecule has 0 spiro atoms. The van der Waals surface area contributed by atoms with Gasteiger partial charge in [-0.05, 0) is 25.3 Å². The van der Waals surface area contributed by atoms with E-state index < -0.39 is 0 Å². The fourth-order valence-corrected chi connectivity index (χ4v) is 2.04. The standard InChI is InChI=1S/C14H18Cl2O2/c1-4-18-14-8-11(15)10(7-12(14)16)13(17)6-5-9(2)3/h7-9H,4-6H2,1-3H3. The monoisotopic (exact) mass is 288 g/mol. The Morgan fingerprint density at radius 3 is 2.50 bits per heavy atom. The maximum atomic E-state index is 12.0. The molecule has 0 fully saturated rings. The molecular weight excluding hydrogens is 271 g/mol. The van der Waals surface area contributed by atoms with Gasteiger partial charge in [0.25, 0.3) is 0 Å². The predicted molar refractivity (Wildman–Crippen MR) is 76.0 cm³/mol. The molecule has 1 aromatic carbocycles. The zero-order valence-corrected chi connectivity index (χ0v) is 12.4. The number of rotatable bonds is 6. The number of benzene rings is 1. The minimum Gasteiger partial charge on any atom is -0.492 e. The van der Waals surface area contributed by atoms with Crippen LogP contribution in [-0.4, -0.2) is 12.4 Å². The summed E-state index contributed by atoms with van der Waals surface area (Å²) in [7, 11) is 0. The fourth-order valence-electron chi connectivity index (χ4n) is 1.56. The van der Waals surface area contributed by atoms with E-state index >= 15 is 0 Å². The second kappa shape index (κ2) is 7.01. The Morgan fingerprint density at radius 2 is 1.94 bits per heavy atom. The highest BCUT2D eigenvalue weighted by atomic mass is 35.5. The van der Waals surface area contributed by atoms with Crippen LogP contribution in [0.2, 0.25) is 10.0 Å². The molecule has 0 aromatic heterocycles. The van der Waals surface area contributed by atoms with Crippen molar-refractivity contribution in [2.45, 2.75) is 33.6 Å². The number of hydrogen-bond acceptors (Lipinski definition) is 2. The third-order valence-electron chi connectivity index (χ3n) is 2.57. The molecule has 1 aromatic rings. The van der Waals surface area contributed by atoms with Gasteiger partial charge in [0, 0.05) is 18.1 Å². The second-order valence-electron chi connectivity index (χ2n) is 4.55. The minimum absolute atomic E-state index is 0.0265. The first-order valence-corrected chi connectivity index (χ1v) is 6.86. The van der Waals surface area contributed by atoms with Gasteiger partial charge in [-0.2, -0.15) is 0 Å². The van der Waals surface area contributed by atoms with E-state index in [2.05, 4.69) is 13.8 Å². The predicted octanol–water partition coefficient (Wildman–Crippen LogP) is 5.01. The summed E-state index contributed by atoms with van der Waals surface area (Å²) in [5, 5.41) is 0.825. The van der Waals surface area contributed by atoms with Crippen molar-refractivity contribution in [3.63, 3.8) is 0 Å². The van der Waals surface area contributed by atoms with E-state index in [1.54, 1.807) is 12.1 Å². The summed E-state index contributed by atoms with van der Waals surface area (Å²) in [6.45, 7) is 6.54. The average Bonchev–Trinajstić information content (AvgIpc) is 2.30. The maximum Gasteiger partial charge on any atom is 0.164 e. The van der Waals surface area contributed by atoms with Gasteiger partial charge < -0.3 is 4.74 Å². The van der Waals surface area contributed by atoms with E-state index in [1.807, 2.05) is 6.92 Å². The van der Waals surface area contributed by atoms with Gasteiger partial charge in [-0.15, -0.1) is 0 Å². The molecular formula is C14H18Cl2O2. The van der Waals surface area contributed by atoms with E-state index in [1.165, 1.54) is 0 Å². The van der Waals surface area contributed by atoms with Gasteiger partial charge in [-0.25, -0.2) is 0 Å². The largest absolute Gasteiger partial charge is 0.492 e. The number of carbonyl (C=O) groups excluding carboxylic acids is 1. The van der Waals surface area contributed by atoms with Crippen molar-refractivity contribution in [3.8, 4) is 5.75 Å². The van der Waals surface area contributed by atoms with Crippen LogP contribution in [-0.2, 0) is 0 Å². The van der Waals surface area contributed by atoms with Crippen LogP contribution >= 0.6 is 23.2 Å². The molecule has 0 unspecified atom stereocenters. The molecule has 100 valence electrons. The van der Waals surface area contributed by atoms with Gasteiger partial charge in [0.1, 0.15) is 5.75 Å². The Morgan fingerprint density at radius 1 is 1.28 bits per heavy atom. The van der Waals surface area contributed by atoms with Gasteiger partial charge >= 0.3 is 0 Å². The topological polar surface area (TPSA) is 26.3 Å². The summed E-state index contributed by atoms with van der Waals surface area (Å²) in [6.07, 6.45) is 1.34. The molecule has 0 radical (unpaired) electrons. The number of ketones is 1. The van der Waals surface area contributed by atoms with Crippen LogP contribution in [0.3, 0.4) is 0 Å². The van der Waals surface area contributed by atoms with Crippen LogP contribution < -0.4 is 4.74 Å². The van der Waals surface area contributed by atoms with Crippen molar-refractivity contribution in [1.82, 2.24) is 0 Å². The van der Waals surface area contributed by atoms with Crippen LogP contribution in [0.1, 0.15) is 44.0 Å². The summed E-state index contributed by atoms with van der Waals surface area (Å²) in [6, 6.07) is 3.20. The zero-order valence-electron chi connectivity index (χ0n) is 10.9. The summed E-state index contributed by atoms with van der Waals surface area (Å²) >= 11 is 12.1. The summed E-state index contributed by atoms with van der Waals surface area (Å²) in [5.74, 6) is 1.04. The van der Waals surface area contributed by atoms with Crippen molar-refractivity contribution >= 4 is 29.0 Å². The lowest BCUT2D eigenvalue weighted by molar-refractivity contribution is 0.0975. The SMILES string of the molecule is CCOc1cc(Cl)c(C(=O)CCC(C)C)cc1Cl. The molecule has 1 rings (SSSR count). The molecule has 0 N–H and O–H groups in total. The van der Waals surface area contributed by atoms with Crippen LogP contribution in [0, 0.1) is 5.92 Å². The zero-order chi connectivity index (χ0) is 13.7. The Bertz CT molecular complexity index is 428. The molecule has 0 aliphatic heterocycles. The minimum atomic E-state index is 0.0265. The van der Waals surface area contributed by atoms with Gasteiger partial charge in [-0.3, -0.25) is 4.79 Å². The first-order chi connectivity index (χ1) is 8.45. The van der Waals surface area contributed by atoms with Crippen molar-refractivity contribution in [3.05, 3.63) is 27.7 Å². The van der Waals surface area contributed by atoms with Crippen molar-refractivity contribution < 1.29 is 9.53 Å². The van der Waals surface area contributed by atoms with Gasteiger partial charge in [-0.1, -0.05) is 37.0 Å². The lowest BCUT2D eigenvalue weighted by atomic mass is 10.0. The Labute approximate surface area is 118 Å². The smallest absolute Gasteiger partial charge is 0.164 e. The van der Waals surface area contributed by atoms with Crippen LogP contribution in [0.25, 0.3) is 0 Å². The molecule has 0 amide bonds. The molecule has 0 bridgehead atoms. The van der Waals surface area contributed by atoms with E-state index in [-0.39, 0.29) is 5.78 Å². The summed E-state index contributed by atoms with van der Waals surface area (Å²) < 4.78 is 5.32. The molecule has 0 saturated carbocycles. The number of ether oxygens (including phenoxy) is 1. The van der Waals surface area contributed by atoms with Crippen LogP contribution in [0.5, 0.6) is 5.75 Å². The summed E-state index contributed by atoms with van der Waals surface area (Å²) in [4.78, 5) is 12.0. The average molecular weight is 289 g/mol. The number of hydrogen-bond donors (Lipinski definition) is 0. The lowest BCUT2D eigenvalue weighted by Crippen LogP contribution is -2.03. The highest BCUT2D eigenvalue weighted by Crippen LogP contribution is 2.32. The third kappa shape index (κ3) is 4.18. The third-order valence-corrected chi connectivity index (χ3v) is 3.18. The number of halogens is 2. The molecule has 4 heteroatoms. The first kappa shape index (κ1) is 15.3. The van der Waals surface area contributed by atoms with Crippen molar-refractivity contribution in [1.29, 1.82) is 0 Å². The molecule has 2 nitrogen and oxygen atoms in total. The van der Waals surface area contributed by atoms with E-state index in [0.29, 0.717) is 40.3 Å². The van der Waals surface area contributed by atoms with Crippen molar-refractivity contribution in [2.24, 2.45) is 5.92 Å². The quantitative estimate of drug-likeness (QED) is 0.688. The molecule has 18 heavy (non-hydrogen) atoms. The van der Waals surface area contributed by atoms with Gasteiger partial charge in [0.15, 0.2) is 5.78 Å². The molecule has 0 aliphatic carbocycles. The van der Waals surface area contributed by atoms with E-state index in [0.717, 1.165) is 6.42 Å². The van der Waals surface area contributed by atoms with Crippen LogP contribution in [0.15, 0.2) is 12.1 Å². The van der Waals surface area contributed by atoms with Gasteiger partial charge in [0.05, 0.1) is 16.7 Å². The number of Topliss-reactive ketones (excluding diaryl/α,β-unsaturated/α-hetero) is 1. The highest BCUT2D eigenvalue weighted by Gasteiger charge is 2.14. The second-order valence-corrected chi connectivity index (χ2v) is 5.37. The van der Waals surface area contributed by atoms with Gasteiger partial charge in [0.2, 0.25) is 0 Å². The molecule has 0 saturated heterocycles. The Hall–Kier alpha value is -0.730. The normalized spacial score (nSPS) is 10.8. The molecule has 0 aliphatic rings. The maximum absolute atomic E-state index is 12.0. The van der Waals surface area contributed by atoms with Crippen LogP contribution in [0.4, 0.5) is 0 Å². The van der Waals surface area contributed by atoms with Crippen molar-refractivity contribution in [2.75, 3.05) is 6.61 Å². The Balaban J connectivity index is 2.89. The Kier molecular flexibility index (Phi) is 5.97. The van der Waals surface area contributed by atoms with E-state index in [4.69, 9.17) is 27.9 Å². The fraction of sp³-hybridized carbons (Fsp3) is 0.500. The lowest BCUT2D eigenvalue weighted by Gasteiger charge is -2.10. The molecule has 0 atom stereocenters. The van der Waals surface area contributed by atoms with E-state index in [9.17, 15) is 4.79 Å². The summed E-state index contributed by atoms with van der Waals surface area (Å²) in [5.41, 5.74) is 0.478. The number of carbonyl (C=O) groups is 1. The molecule has 0 heterocycles.